The molecule has 6 heteroatoms. The van der Waals surface area contributed by atoms with Gasteiger partial charge in [0.25, 0.3) is 0 Å². The minimum absolute atomic E-state index is 0.0215. The van der Waals surface area contributed by atoms with Crippen LogP contribution in [0.3, 0.4) is 0 Å². The largest absolute Gasteiger partial charge is 0.315 e. The summed E-state index contributed by atoms with van der Waals surface area (Å²) >= 11 is 1.69. The van der Waals surface area contributed by atoms with Gasteiger partial charge in [0.15, 0.2) is 5.82 Å². The lowest BCUT2D eigenvalue weighted by Gasteiger charge is -2.08. The van der Waals surface area contributed by atoms with E-state index in [4.69, 9.17) is 0 Å². The number of aryl methyl sites for hydroxylation is 1. The molecule has 1 aliphatic heterocycles. The molecule has 0 saturated carbocycles. The number of nitrogens with zero attached hydrogens (tertiary/aromatic N) is 2. The van der Waals surface area contributed by atoms with E-state index in [1.54, 1.807) is 11.3 Å². The predicted octanol–water partition coefficient (Wildman–Crippen LogP) is 2.05. The fourth-order valence-electron chi connectivity index (χ4n) is 2.37. The normalized spacial score (nSPS) is 18.3. The van der Waals surface area contributed by atoms with E-state index in [2.05, 4.69) is 21.8 Å². The van der Waals surface area contributed by atoms with Gasteiger partial charge in [0.1, 0.15) is 0 Å². The van der Waals surface area contributed by atoms with E-state index in [9.17, 15) is 4.79 Å². The summed E-state index contributed by atoms with van der Waals surface area (Å²) in [6.45, 7) is 1.99. The minimum Gasteiger partial charge on any atom is -0.315 e. The predicted molar refractivity (Wildman–Crippen MR) is 80.0 cm³/mol. The Morgan fingerprint density at radius 3 is 3.25 bits per heavy atom. The summed E-state index contributed by atoms with van der Waals surface area (Å²) in [6, 6.07) is 6.34. The summed E-state index contributed by atoms with van der Waals surface area (Å²) in [5.41, 5.74) is 0. The Bertz CT molecular complexity index is 558. The van der Waals surface area contributed by atoms with E-state index < -0.39 is 0 Å². The van der Waals surface area contributed by atoms with E-state index in [1.165, 1.54) is 4.88 Å². The quantitative estimate of drug-likeness (QED) is 0.886. The van der Waals surface area contributed by atoms with Gasteiger partial charge in [-0.25, -0.2) is 0 Å². The molecule has 3 heterocycles. The number of amides is 1. The van der Waals surface area contributed by atoms with Crippen LogP contribution in [-0.4, -0.2) is 28.8 Å². The van der Waals surface area contributed by atoms with Crippen LogP contribution in [0, 0.1) is 0 Å². The molecule has 106 valence electrons. The second-order valence-electron chi connectivity index (χ2n) is 4.96. The van der Waals surface area contributed by atoms with Crippen molar-refractivity contribution in [2.24, 2.45) is 0 Å². The van der Waals surface area contributed by atoms with Gasteiger partial charge in [-0.2, -0.15) is 5.10 Å². The van der Waals surface area contributed by atoms with Crippen molar-refractivity contribution in [3.05, 3.63) is 34.7 Å². The number of anilines is 1. The molecule has 1 saturated heterocycles. The summed E-state index contributed by atoms with van der Waals surface area (Å²) in [7, 11) is 0. The highest BCUT2D eigenvalue weighted by Crippen LogP contribution is 2.16. The third-order valence-corrected chi connectivity index (χ3v) is 4.40. The molecule has 1 fully saturated rings. The Morgan fingerprint density at radius 2 is 2.50 bits per heavy atom. The molecule has 0 radical (unpaired) electrons. The van der Waals surface area contributed by atoms with Gasteiger partial charge >= 0.3 is 0 Å². The monoisotopic (exact) mass is 290 g/mol. The van der Waals surface area contributed by atoms with Gasteiger partial charge in [-0.1, -0.05) is 6.07 Å². The molecule has 1 unspecified atom stereocenters. The number of aromatic nitrogens is 2. The van der Waals surface area contributed by atoms with Crippen LogP contribution in [0.4, 0.5) is 5.82 Å². The fraction of sp³-hybridized carbons (Fsp3) is 0.429. The molecular weight excluding hydrogens is 272 g/mol. The zero-order valence-electron chi connectivity index (χ0n) is 11.2. The van der Waals surface area contributed by atoms with Crippen molar-refractivity contribution in [2.45, 2.75) is 25.3 Å². The average molecular weight is 290 g/mol. The maximum Gasteiger partial charge on any atom is 0.225 e. The summed E-state index contributed by atoms with van der Waals surface area (Å²) in [6.07, 6.45) is 4.31. The van der Waals surface area contributed by atoms with Crippen LogP contribution >= 0.6 is 11.3 Å². The first-order valence-corrected chi connectivity index (χ1v) is 7.77. The van der Waals surface area contributed by atoms with Gasteiger partial charge in [0.2, 0.25) is 5.91 Å². The molecule has 3 rings (SSSR count). The van der Waals surface area contributed by atoms with Crippen LogP contribution in [0.25, 0.3) is 0 Å². The Labute approximate surface area is 122 Å². The topological polar surface area (TPSA) is 59.0 Å². The van der Waals surface area contributed by atoms with Gasteiger partial charge in [0, 0.05) is 30.1 Å². The van der Waals surface area contributed by atoms with E-state index in [-0.39, 0.29) is 5.91 Å². The Kier molecular flexibility index (Phi) is 4.13. The number of hydrogen-bond acceptors (Lipinski definition) is 4. The molecular formula is C14H18N4OS. The van der Waals surface area contributed by atoms with Crippen molar-refractivity contribution in [3.8, 4) is 0 Å². The fourth-order valence-corrected chi connectivity index (χ4v) is 3.08. The number of hydrogen-bond donors (Lipinski definition) is 2. The first-order valence-electron chi connectivity index (χ1n) is 6.89. The molecule has 2 aromatic rings. The van der Waals surface area contributed by atoms with Crippen LogP contribution < -0.4 is 10.6 Å². The van der Waals surface area contributed by atoms with Crippen molar-refractivity contribution < 1.29 is 4.79 Å². The number of carbonyl (C=O) groups excluding carboxylic acids is 1. The van der Waals surface area contributed by atoms with Crippen LogP contribution in [0.15, 0.2) is 29.8 Å². The first-order chi connectivity index (χ1) is 9.81. The Balaban J connectivity index is 1.50. The molecule has 1 atom stereocenters. The first kappa shape index (κ1) is 13.3. The molecule has 0 aromatic carbocycles. The summed E-state index contributed by atoms with van der Waals surface area (Å²) in [5, 5.41) is 12.6. The summed E-state index contributed by atoms with van der Waals surface area (Å²) in [5.74, 6) is 0.668. The lowest BCUT2D eigenvalue weighted by atomic mass is 10.2. The zero-order valence-corrected chi connectivity index (χ0v) is 12.0. The highest BCUT2D eigenvalue weighted by Gasteiger charge is 2.17. The SMILES string of the molecule is O=C(CCc1cccs1)Nc1ccn(C2CCNC2)n1. The molecule has 20 heavy (non-hydrogen) atoms. The lowest BCUT2D eigenvalue weighted by molar-refractivity contribution is -0.116. The number of rotatable bonds is 5. The van der Waals surface area contributed by atoms with E-state index in [0.717, 1.165) is 25.9 Å². The smallest absolute Gasteiger partial charge is 0.225 e. The van der Waals surface area contributed by atoms with Crippen molar-refractivity contribution >= 4 is 23.1 Å². The van der Waals surface area contributed by atoms with Gasteiger partial charge in [-0.05, 0) is 30.8 Å². The standard InChI is InChI=1S/C14H18N4OS/c19-14(4-3-12-2-1-9-20-12)16-13-6-8-18(17-13)11-5-7-15-10-11/h1-2,6,8-9,11,15H,3-5,7,10H2,(H,16,17,19). The van der Waals surface area contributed by atoms with Crippen molar-refractivity contribution in [2.75, 3.05) is 18.4 Å². The molecule has 0 spiro atoms. The molecule has 1 aliphatic rings. The third kappa shape index (κ3) is 3.26. The van der Waals surface area contributed by atoms with Crippen LogP contribution in [0.2, 0.25) is 0 Å². The second kappa shape index (κ2) is 6.19. The van der Waals surface area contributed by atoms with E-state index in [1.807, 2.05) is 28.4 Å². The highest BCUT2D eigenvalue weighted by atomic mass is 32.1. The molecule has 5 nitrogen and oxygen atoms in total. The molecule has 0 aliphatic carbocycles. The second-order valence-corrected chi connectivity index (χ2v) is 5.99. The Hall–Kier alpha value is -1.66. The van der Waals surface area contributed by atoms with Crippen molar-refractivity contribution in [3.63, 3.8) is 0 Å². The molecule has 1 amide bonds. The molecule has 2 aromatic heterocycles. The van der Waals surface area contributed by atoms with Gasteiger partial charge < -0.3 is 10.6 Å². The van der Waals surface area contributed by atoms with Gasteiger partial charge in [0.05, 0.1) is 6.04 Å². The van der Waals surface area contributed by atoms with E-state index >= 15 is 0 Å². The highest BCUT2D eigenvalue weighted by molar-refractivity contribution is 7.09. The summed E-state index contributed by atoms with van der Waals surface area (Å²) < 4.78 is 1.94. The van der Waals surface area contributed by atoms with Crippen molar-refractivity contribution in [1.29, 1.82) is 0 Å². The van der Waals surface area contributed by atoms with Gasteiger partial charge in [-0.15, -0.1) is 11.3 Å². The van der Waals surface area contributed by atoms with Crippen LogP contribution in [-0.2, 0) is 11.2 Å². The maximum absolute atomic E-state index is 11.9. The van der Waals surface area contributed by atoms with Crippen LogP contribution in [0.1, 0.15) is 23.8 Å². The number of nitrogens with one attached hydrogen (secondary N) is 2. The van der Waals surface area contributed by atoms with Gasteiger partial charge in [-0.3, -0.25) is 9.48 Å². The van der Waals surface area contributed by atoms with Crippen molar-refractivity contribution in [1.82, 2.24) is 15.1 Å². The summed E-state index contributed by atoms with van der Waals surface area (Å²) in [4.78, 5) is 13.1. The minimum atomic E-state index is 0.0215. The van der Waals surface area contributed by atoms with E-state index in [0.29, 0.717) is 18.3 Å². The number of thiophene rings is 1. The maximum atomic E-state index is 11.9. The lowest BCUT2D eigenvalue weighted by Crippen LogP contribution is -2.15. The van der Waals surface area contributed by atoms with Crippen LogP contribution in [0.5, 0.6) is 0 Å². The molecule has 0 bridgehead atoms. The number of carbonyl (C=O) groups is 1. The average Bonchev–Trinajstić information content (AvgIpc) is 3.18. The Morgan fingerprint density at radius 1 is 1.55 bits per heavy atom. The molecule has 2 N–H and O–H groups in total. The third-order valence-electron chi connectivity index (χ3n) is 3.46. The zero-order chi connectivity index (χ0) is 13.8.